The van der Waals surface area contributed by atoms with Crippen LogP contribution in [-0.2, 0) is 13.5 Å². The molecule has 0 bridgehead atoms. The van der Waals surface area contributed by atoms with Gasteiger partial charge in [0.2, 0.25) is 0 Å². The number of aromatic nitrogens is 8. The Morgan fingerprint density at radius 2 is 2.11 bits per heavy atom. The average molecular weight is 479 g/mol. The van der Waals surface area contributed by atoms with E-state index in [4.69, 9.17) is 4.42 Å². The summed E-state index contributed by atoms with van der Waals surface area (Å²) < 4.78 is 35.9. The van der Waals surface area contributed by atoms with Gasteiger partial charge in [-0.3, -0.25) is 9.48 Å². The topological polar surface area (TPSA) is 123 Å². The number of H-pyrrole nitrogens is 1. The molecule has 0 saturated heterocycles. The molecule has 0 saturated carbocycles. The Hall–Kier alpha value is -4.42. The van der Waals surface area contributed by atoms with Gasteiger partial charge in [-0.15, -0.1) is 10.2 Å². The maximum Gasteiger partial charge on any atom is 0.312 e. The van der Waals surface area contributed by atoms with Crippen molar-refractivity contribution in [2.24, 2.45) is 7.05 Å². The van der Waals surface area contributed by atoms with E-state index in [1.54, 1.807) is 36.4 Å². The van der Waals surface area contributed by atoms with E-state index < -0.39 is 18.4 Å². The van der Waals surface area contributed by atoms with Crippen LogP contribution in [0.4, 0.5) is 8.78 Å². The van der Waals surface area contributed by atoms with E-state index in [2.05, 4.69) is 30.4 Å². The number of halogens is 2. The zero-order valence-electron chi connectivity index (χ0n) is 18.7. The first kappa shape index (κ1) is 21.1. The molecule has 0 spiro atoms. The number of aromatic amines is 1. The molecule has 11 nitrogen and oxygen atoms in total. The number of imidazole rings is 1. The molecule has 5 aromatic heterocycles. The van der Waals surface area contributed by atoms with Gasteiger partial charge in [-0.05, 0) is 31.2 Å². The molecule has 1 amide bonds. The lowest BCUT2D eigenvalue weighted by Crippen LogP contribution is -2.41. The minimum absolute atomic E-state index is 0.125. The fourth-order valence-electron chi connectivity index (χ4n) is 4.37. The van der Waals surface area contributed by atoms with Crippen LogP contribution in [0.5, 0.6) is 0 Å². The fourth-order valence-corrected chi connectivity index (χ4v) is 4.37. The number of alkyl halides is 2. The lowest BCUT2D eigenvalue weighted by molar-refractivity contribution is 0.0646. The zero-order chi connectivity index (χ0) is 24.3. The standard InChI is InChI=1S/C22H19F2N9O2/c1-11-8-15(29-31(11)2)20-27-28-21(35-20)22(34)32-7-5-13-17(26-10-25-13)18(32)14-9-16-12(19(23)24)4-3-6-33(16)30-14/h3-4,6,8-10,18-19H,5,7H2,1-2H3,(H,25,26). The van der Waals surface area contributed by atoms with Gasteiger partial charge >= 0.3 is 11.8 Å². The maximum atomic E-state index is 13.6. The molecular formula is C22H19F2N9O2. The summed E-state index contributed by atoms with van der Waals surface area (Å²) in [5.41, 5.74) is 3.31. The molecule has 13 heteroatoms. The van der Waals surface area contributed by atoms with Crippen molar-refractivity contribution >= 4 is 11.4 Å². The molecule has 6 rings (SSSR count). The van der Waals surface area contributed by atoms with Crippen LogP contribution in [0, 0.1) is 6.92 Å². The summed E-state index contributed by atoms with van der Waals surface area (Å²) in [4.78, 5) is 22.6. The van der Waals surface area contributed by atoms with Gasteiger partial charge in [-0.1, -0.05) is 0 Å². The van der Waals surface area contributed by atoms with E-state index in [1.807, 2.05) is 6.92 Å². The number of nitrogens with zero attached hydrogens (tertiary/aromatic N) is 8. The molecule has 0 aromatic carbocycles. The highest BCUT2D eigenvalue weighted by atomic mass is 19.3. The monoisotopic (exact) mass is 479 g/mol. The molecule has 1 atom stereocenters. The Morgan fingerprint density at radius 1 is 1.26 bits per heavy atom. The smallest absolute Gasteiger partial charge is 0.312 e. The van der Waals surface area contributed by atoms with Crippen molar-refractivity contribution in [2.45, 2.75) is 25.8 Å². The van der Waals surface area contributed by atoms with Gasteiger partial charge in [0.15, 0.2) is 0 Å². The van der Waals surface area contributed by atoms with E-state index >= 15 is 0 Å². The summed E-state index contributed by atoms with van der Waals surface area (Å²) in [5, 5.41) is 16.7. The van der Waals surface area contributed by atoms with Gasteiger partial charge in [-0.25, -0.2) is 18.3 Å². The number of carbonyl (C=O) groups is 1. The molecule has 0 fully saturated rings. The number of amides is 1. The summed E-state index contributed by atoms with van der Waals surface area (Å²) in [6, 6.07) is 5.48. The Bertz CT molecular complexity index is 1540. The molecule has 1 N–H and O–H groups in total. The van der Waals surface area contributed by atoms with Crippen molar-refractivity contribution in [1.29, 1.82) is 0 Å². The molecule has 178 valence electrons. The number of pyridine rings is 1. The van der Waals surface area contributed by atoms with Gasteiger partial charge in [0.05, 0.1) is 23.2 Å². The second-order valence-corrected chi connectivity index (χ2v) is 8.29. The fraction of sp³-hybridized carbons (Fsp3) is 0.273. The molecule has 0 radical (unpaired) electrons. The number of rotatable bonds is 4. The molecule has 1 unspecified atom stereocenters. The predicted octanol–water partition coefficient (Wildman–Crippen LogP) is 2.87. The summed E-state index contributed by atoms with van der Waals surface area (Å²) in [6.07, 6.45) is 0.985. The van der Waals surface area contributed by atoms with Crippen LogP contribution in [0.3, 0.4) is 0 Å². The van der Waals surface area contributed by atoms with Crippen molar-refractivity contribution in [3.8, 4) is 11.6 Å². The average Bonchev–Trinajstić information content (AvgIpc) is 3.63. The van der Waals surface area contributed by atoms with E-state index in [1.165, 1.54) is 21.5 Å². The number of fused-ring (bicyclic) bond motifs is 2. The second kappa shape index (κ2) is 7.82. The van der Waals surface area contributed by atoms with Gasteiger partial charge < -0.3 is 14.3 Å². The third kappa shape index (κ3) is 3.38. The van der Waals surface area contributed by atoms with Crippen molar-refractivity contribution in [3.05, 3.63) is 71.0 Å². The minimum atomic E-state index is -2.67. The Labute approximate surface area is 196 Å². The summed E-state index contributed by atoms with van der Waals surface area (Å²) in [5.74, 6) is -0.592. The normalized spacial score (nSPS) is 15.8. The first-order valence-electron chi connectivity index (χ1n) is 10.8. The molecule has 1 aliphatic heterocycles. The lowest BCUT2D eigenvalue weighted by atomic mass is 9.99. The Morgan fingerprint density at radius 3 is 2.89 bits per heavy atom. The first-order chi connectivity index (χ1) is 16.9. The first-order valence-corrected chi connectivity index (χ1v) is 10.8. The van der Waals surface area contributed by atoms with Gasteiger partial charge in [0.1, 0.15) is 11.7 Å². The van der Waals surface area contributed by atoms with E-state index in [9.17, 15) is 13.6 Å². The highest BCUT2D eigenvalue weighted by Crippen LogP contribution is 2.35. The summed E-state index contributed by atoms with van der Waals surface area (Å²) in [7, 11) is 1.79. The highest BCUT2D eigenvalue weighted by molar-refractivity contribution is 5.90. The maximum absolute atomic E-state index is 13.6. The number of hydrogen-bond donors (Lipinski definition) is 1. The quantitative estimate of drug-likeness (QED) is 0.420. The van der Waals surface area contributed by atoms with Gasteiger partial charge in [0.25, 0.3) is 12.3 Å². The Balaban J connectivity index is 1.41. The zero-order valence-corrected chi connectivity index (χ0v) is 18.7. The van der Waals surface area contributed by atoms with Crippen LogP contribution in [-0.4, -0.2) is 56.9 Å². The SMILES string of the molecule is Cc1cc(-c2nnc(C(=O)N3CCc4[nH]cnc4C3c3cc4c(C(F)F)cccn4n3)o2)nn1C. The van der Waals surface area contributed by atoms with Crippen molar-refractivity contribution < 1.29 is 18.0 Å². The van der Waals surface area contributed by atoms with Crippen molar-refractivity contribution in [3.63, 3.8) is 0 Å². The third-order valence-electron chi connectivity index (χ3n) is 6.20. The number of nitrogens with one attached hydrogen (secondary N) is 1. The largest absolute Gasteiger partial charge is 0.411 e. The van der Waals surface area contributed by atoms with Crippen molar-refractivity contribution in [2.75, 3.05) is 6.54 Å². The number of carbonyl (C=O) groups excluding carboxylic acids is 1. The van der Waals surface area contributed by atoms with E-state index in [-0.39, 0.29) is 22.9 Å². The third-order valence-corrected chi connectivity index (χ3v) is 6.20. The second-order valence-electron chi connectivity index (χ2n) is 8.29. The van der Waals surface area contributed by atoms with Crippen LogP contribution in [0.1, 0.15) is 51.5 Å². The number of aryl methyl sites for hydroxylation is 2. The van der Waals surface area contributed by atoms with Gasteiger partial charge in [0, 0.05) is 43.2 Å². The van der Waals surface area contributed by atoms with Crippen molar-refractivity contribution in [1.82, 2.24) is 44.5 Å². The number of hydrogen-bond acceptors (Lipinski definition) is 7. The van der Waals surface area contributed by atoms with E-state index in [0.717, 1.165) is 11.4 Å². The van der Waals surface area contributed by atoms with Crippen LogP contribution in [0.15, 0.2) is 41.2 Å². The van der Waals surface area contributed by atoms with E-state index in [0.29, 0.717) is 30.0 Å². The highest BCUT2D eigenvalue weighted by Gasteiger charge is 2.38. The Kier molecular flexibility index (Phi) is 4.72. The summed E-state index contributed by atoms with van der Waals surface area (Å²) >= 11 is 0. The molecule has 6 heterocycles. The van der Waals surface area contributed by atoms with Crippen LogP contribution in [0.2, 0.25) is 0 Å². The van der Waals surface area contributed by atoms with Gasteiger partial charge in [-0.2, -0.15) is 10.2 Å². The summed E-state index contributed by atoms with van der Waals surface area (Å²) in [6.45, 7) is 2.20. The van der Waals surface area contributed by atoms with Crippen LogP contribution in [0.25, 0.3) is 17.1 Å². The van der Waals surface area contributed by atoms with Crippen LogP contribution >= 0.6 is 0 Å². The molecule has 5 aromatic rings. The molecule has 1 aliphatic rings. The molecular weight excluding hydrogens is 460 g/mol. The predicted molar refractivity (Wildman–Crippen MR) is 117 cm³/mol. The lowest BCUT2D eigenvalue weighted by Gasteiger charge is -2.32. The molecule has 0 aliphatic carbocycles. The minimum Gasteiger partial charge on any atom is -0.411 e. The van der Waals surface area contributed by atoms with Crippen LogP contribution < -0.4 is 0 Å². The molecule has 35 heavy (non-hydrogen) atoms.